The molecule has 94 valence electrons. The van der Waals surface area contributed by atoms with Crippen LogP contribution in [0.15, 0.2) is 24.3 Å². The van der Waals surface area contributed by atoms with E-state index in [1.807, 2.05) is 25.1 Å². The number of ether oxygens (including phenoxy) is 2. The van der Waals surface area contributed by atoms with E-state index < -0.39 is 5.60 Å². The van der Waals surface area contributed by atoms with Crippen molar-refractivity contribution in [2.24, 2.45) is 0 Å². The van der Waals surface area contributed by atoms with Crippen LogP contribution in [-0.2, 0) is 4.74 Å². The smallest absolute Gasteiger partial charge is 0.122 e. The van der Waals surface area contributed by atoms with E-state index in [0.717, 1.165) is 18.8 Å². The molecule has 3 nitrogen and oxygen atoms in total. The van der Waals surface area contributed by atoms with E-state index in [1.165, 1.54) is 5.56 Å². The number of rotatable bonds is 4. The van der Waals surface area contributed by atoms with Gasteiger partial charge in [0, 0.05) is 7.11 Å². The number of para-hydroxylation sites is 1. The van der Waals surface area contributed by atoms with Crippen LogP contribution in [0, 0.1) is 0 Å². The molecule has 0 saturated heterocycles. The van der Waals surface area contributed by atoms with E-state index in [2.05, 4.69) is 6.07 Å². The highest BCUT2D eigenvalue weighted by molar-refractivity contribution is 5.37. The number of aliphatic hydroxyl groups is 1. The normalized spacial score (nSPS) is 22.4. The number of fused-ring (bicyclic) bond motifs is 1. The van der Waals surface area contributed by atoms with Crippen molar-refractivity contribution in [2.75, 3.05) is 20.3 Å². The first kappa shape index (κ1) is 12.4. The lowest BCUT2D eigenvalue weighted by Gasteiger charge is -2.31. The summed E-state index contributed by atoms with van der Waals surface area (Å²) in [6, 6.07) is 8.08. The SMILES string of the molecule is COCC(C)(O)CC1CCOc2ccccc21. The topological polar surface area (TPSA) is 38.7 Å². The Balaban J connectivity index is 2.13. The largest absolute Gasteiger partial charge is 0.493 e. The van der Waals surface area contributed by atoms with Crippen LogP contribution < -0.4 is 4.74 Å². The summed E-state index contributed by atoms with van der Waals surface area (Å²) < 4.78 is 10.7. The molecule has 1 aromatic rings. The monoisotopic (exact) mass is 236 g/mol. The maximum Gasteiger partial charge on any atom is 0.122 e. The highest BCUT2D eigenvalue weighted by Gasteiger charge is 2.29. The first-order valence-corrected chi connectivity index (χ1v) is 6.05. The Morgan fingerprint density at radius 3 is 3.00 bits per heavy atom. The zero-order chi connectivity index (χ0) is 12.3. The highest BCUT2D eigenvalue weighted by Crippen LogP contribution is 2.38. The second-order valence-electron chi connectivity index (χ2n) is 5.01. The van der Waals surface area contributed by atoms with Gasteiger partial charge in [-0.2, -0.15) is 0 Å². The maximum absolute atomic E-state index is 10.2. The molecule has 0 aliphatic carbocycles. The summed E-state index contributed by atoms with van der Waals surface area (Å²) in [5, 5.41) is 10.2. The van der Waals surface area contributed by atoms with Gasteiger partial charge in [0.15, 0.2) is 0 Å². The van der Waals surface area contributed by atoms with Gasteiger partial charge in [0.25, 0.3) is 0 Å². The first-order chi connectivity index (χ1) is 8.12. The molecule has 0 fully saturated rings. The van der Waals surface area contributed by atoms with Gasteiger partial charge in [-0.25, -0.2) is 0 Å². The van der Waals surface area contributed by atoms with Crippen LogP contribution in [-0.4, -0.2) is 31.0 Å². The van der Waals surface area contributed by atoms with Gasteiger partial charge in [-0.05, 0) is 37.3 Å². The van der Waals surface area contributed by atoms with Crippen molar-refractivity contribution >= 4 is 0 Å². The molecule has 1 N–H and O–H groups in total. The Morgan fingerprint density at radius 2 is 2.24 bits per heavy atom. The molecule has 0 amide bonds. The molecule has 1 aliphatic heterocycles. The number of methoxy groups -OCH3 is 1. The summed E-state index contributed by atoms with van der Waals surface area (Å²) in [6.45, 7) is 2.92. The highest BCUT2D eigenvalue weighted by atomic mass is 16.5. The minimum absolute atomic E-state index is 0.352. The minimum Gasteiger partial charge on any atom is -0.493 e. The predicted molar refractivity (Wildman–Crippen MR) is 66.4 cm³/mol. The Labute approximate surface area is 102 Å². The van der Waals surface area contributed by atoms with Crippen molar-refractivity contribution in [1.82, 2.24) is 0 Å². The Morgan fingerprint density at radius 1 is 1.47 bits per heavy atom. The Hall–Kier alpha value is -1.06. The fourth-order valence-corrected chi connectivity index (χ4v) is 2.53. The lowest BCUT2D eigenvalue weighted by Crippen LogP contribution is -2.33. The number of benzene rings is 1. The third-order valence-electron chi connectivity index (χ3n) is 3.22. The van der Waals surface area contributed by atoms with E-state index in [0.29, 0.717) is 18.9 Å². The summed E-state index contributed by atoms with van der Waals surface area (Å²) in [6.07, 6.45) is 1.66. The van der Waals surface area contributed by atoms with E-state index in [9.17, 15) is 5.11 Å². The lowest BCUT2D eigenvalue weighted by atomic mass is 9.84. The predicted octanol–water partition coefficient (Wildman–Crippen LogP) is 2.34. The average molecular weight is 236 g/mol. The molecule has 1 heterocycles. The van der Waals surface area contributed by atoms with Gasteiger partial charge >= 0.3 is 0 Å². The van der Waals surface area contributed by atoms with Crippen molar-refractivity contribution in [3.8, 4) is 5.75 Å². The summed E-state index contributed by atoms with van der Waals surface area (Å²) in [7, 11) is 1.62. The van der Waals surface area contributed by atoms with E-state index in [-0.39, 0.29) is 0 Å². The van der Waals surface area contributed by atoms with Gasteiger partial charge in [-0.15, -0.1) is 0 Å². The maximum atomic E-state index is 10.2. The van der Waals surface area contributed by atoms with Gasteiger partial charge < -0.3 is 14.6 Å². The molecule has 2 unspecified atom stereocenters. The van der Waals surface area contributed by atoms with Gasteiger partial charge in [0.1, 0.15) is 5.75 Å². The third kappa shape index (κ3) is 2.99. The quantitative estimate of drug-likeness (QED) is 0.872. The fourth-order valence-electron chi connectivity index (χ4n) is 2.53. The van der Waals surface area contributed by atoms with Crippen LogP contribution in [0.5, 0.6) is 5.75 Å². The van der Waals surface area contributed by atoms with E-state index in [1.54, 1.807) is 7.11 Å². The summed E-state index contributed by atoms with van der Waals surface area (Å²) in [4.78, 5) is 0. The molecule has 17 heavy (non-hydrogen) atoms. The number of hydrogen-bond acceptors (Lipinski definition) is 3. The van der Waals surface area contributed by atoms with Crippen LogP contribution in [0.4, 0.5) is 0 Å². The van der Waals surface area contributed by atoms with Gasteiger partial charge in [-0.3, -0.25) is 0 Å². The van der Waals surface area contributed by atoms with Crippen LogP contribution >= 0.6 is 0 Å². The zero-order valence-electron chi connectivity index (χ0n) is 10.5. The molecular weight excluding hydrogens is 216 g/mol. The van der Waals surface area contributed by atoms with Gasteiger partial charge in [-0.1, -0.05) is 18.2 Å². The second-order valence-corrected chi connectivity index (χ2v) is 5.01. The van der Waals surface area contributed by atoms with Crippen LogP contribution in [0.1, 0.15) is 31.2 Å². The van der Waals surface area contributed by atoms with Crippen molar-refractivity contribution in [3.05, 3.63) is 29.8 Å². The molecule has 0 spiro atoms. The number of hydrogen-bond donors (Lipinski definition) is 1. The third-order valence-corrected chi connectivity index (χ3v) is 3.22. The molecule has 2 rings (SSSR count). The Kier molecular flexibility index (Phi) is 3.69. The molecule has 0 saturated carbocycles. The summed E-state index contributed by atoms with van der Waals surface area (Å²) >= 11 is 0. The zero-order valence-corrected chi connectivity index (χ0v) is 10.5. The van der Waals surface area contributed by atoms with Crippen LogP contribution in [0.3, 0.4) is 0 Å². The minimum atomic E-state index is -0.774. The standard InChI is InChI=1S/C14H20O3/c1-14(15,10-16-2)9-11-7-8-17-13-6-4-3-5-12(11)13/h3-6,11,15H,7-10H2,1-2H3. The van der Waals surface area contributed by atoms with Gasteiger partial charge in [0.05, 0.1) is 18.8 Å². The Bertz CT molecular complexity index is 373. The first-order valence-electron chi connectivity index (χ1n) is 6.05. The van der Waals surface area contributed by atoms with E-state index in [4.69, 9.17) is 9.47 Å². The van der Waals surface area contributed by atoms with Gasteiger partial charge in [0.2, 0.25) is 0 Å². The average Bonchev–Trinajstić information content (AvgIpc) is 2.29. The fraction of sp³-hybridized carbons (Fsp3) is 0.571. The second kappa shape index (κ2) is 5.07. The van der Waals surface area contributed by atoms with Crippen LogP contribution in [0.25, 0.3) is 0 Å². The molecule has 1 aromatic carbocycles. The molecule has 3 heteroatoms. The van der Waals surface area contributed by atoms with Crippen molar-refractivity contribution in [2.45, 2.75) is 31.3 Å². The van der Waals surface area contributed by atoms with Crippen molar-refractivity contribution in [3.63, 3.8) is 0 Å². The van der Waals surface area contributed by atoms with Crippen molar-refractivity contribution in [1.29, 1.82) is 0 Å². The lowest BCUT2D eigenvalue weighted by molar-refractivity contribution is -0.0294. The molecule has 1 aliphatic rings. The van der Waals surface area contributed by atoms with Crippen molar-refractivity contribution < 1.29 is 14.6 Å². The summed E-state index contributed by atoms with van der Waals surface area (Å²) in [5.74, 6) is 1.31. The molecule has 2 atom stereocenters. The molecule has 0 bridgehead atoms. The molecule has 0 radical (unpaired) electrons. The summed E-state index contributed by atoms with van der Waals surface area (Å²) in [5.41, 5.74) is 0.430. The molecular formula is C14H20O3. The molecule has 0 aromatic heterocycles. The van der Waals surface area contributed by atoms with Crippen LogP contribution in [0.2, 0.25) is 0 Å². The van der Waals surface area contributed by atoms with E-state index >= 15 is 0 Å².